The minimum Gasteiger partial charge on any atom is -0.441 e. The third-order valence-corrected chi connectivity index (χ3v) is 4.17. The summed E-state index contributed by atoms with van der Waals surface area (Å²) < 4.78 is 6.83. The van der Waals surface area contributed by atoms with Gasteiger partial charge in [-0.2, -0.15) is 0 Å². The van der Waals surface area contributed by atoms with Gasteiger partial charge >= 0.3 is 0 Å². The fourth-order valence-corrected chi connectivity index (χ4v) is 2.24. The zero-order valence-electron chi connectivity index (χ0n) is 10.6. The first kappa shape index (κ1) is 12.6. The molecule has 0 radical (unpaired) electrons. The Labute approximate surface area is 111 Å². The van der Waals surface area contributed by atoms with Crippen LogP contribution in [0.3, 0.4) is 0 Å². The van der Waals surface area contributed by atoms with Crippen LogP contribution in [0.5, 0.6) is 0 Å². The Morgan fingerprint density at radius 2 is 2.00 bits per heavy atom. The van der Waals surface area contributed by atoms with Crippen molar-refractivity contribution in [3.05, 3.63) is 28.6 Å². The summed E-state index contributed by atoms with van der Waals surface area (Å²) >= 11 is 3.45. The normalized spacial score (nSPS) is 12.2. The molecule has 2 aromatic rings. The molecule has 0 bridgehead atoms. The topological polar surface area (TPSA) is 26.0 Å². The number of aromatic nitrogens is 1. The Morgan fingerprint density at radius 3 is 2.65 bits per heavy atom. The van der Waals surface area contributed by atoms with E-state index < -0.39 is 0 Å². The average molecular weight is 296 g/mol. The van der Waals surface area contributed by atoms with Crippen LogP contribution in [-0.2, 0) is 6.42 Å². The van der Waals surface area contributed by atoms with Crippen LogP contribution in [0.25, 0.3) is 11.1 Å². The first-order valence-corrected chi connectivity index (χ1v) is 6.90. The van der Waals surface area contributed by atoms with E-state index in [4.69, 9.17) is 4.42 Å². The summed E-state index contributed by atoms with van der Waals surface area (Å²) in [7, 11) is 0. The second-order valence-corrected chi connectivity index (χ2v) is 5.83. The molecule has 1 aromatic heterocycles. The molecule has 1 heterocycles. The molecule has 17 heavy (non-hydrogen) atoms. The van der Waals surface area contributed by atoms with Gasteiger partial charge in [0.1, 0.15) is 5.52 Å². The Bertz CT molecular complexity index is 514. The van der Waals surface area contributed by atoms with Crippen LogP contribution in [-0.4, -0.2) is 4.98 Å². The number of benzene rings is 1. The fraction of sp³-hybridized carbons (Fsp3) is 0.500. The smallest absolute Gasteiger partial charge is 0.196 e. The minimum atomic E-state index is 0.290. The molecule has 0 aliphatic rings. The molecule has 3 heteroatoms. The monoisotopic (exact) mass is 295 g/mol. The van der Waals surface area contributed by atoms with Crippen LogP contribution in [0.1, 0.15) is 39.5 Å². The maximum atomic E-state index is 5.79. The predicted octanol–water partition coefficient (Wildman–Crippen LogP) is 4.96. The van der Waals surface area contributed by atoms with E-state index in [2.05, 4.69) is 41.7 Å². The molecule has 0 atom stereocenters. The van der Waals surface area contributed by atoms with Crippen molar-refractivity contribution in [3.8, 4) is 0 Å². The molecule has 0 unspecified atom stereocenters. The molecular weight excluding hydrogens is 278 g/mol. The summed E-state index contributed by atoms with van der Waals surface area (Å²) in [4.78, 5) is 4.56. The zero-order chi connectivity index (χ0) is 12.5. The number of halogens is 1. The quantitative estimate of drug-likeness (QED) is 0.797. The molecule has 1 aromatic carbocycles. The second kappa shape index (κ2) is 4.81. The number of oxazole rings is 1. The van der Waals surface area contributed by atoms with Crippen LogP contribution in [0, 0.1) is 5.41 Å². The van der Waals surface area contributed by atoms with Crippen LogP contribution in [0.15, 0.2) is 27.1 Å². The number of nitrogens with zero attached hydrogens (tertiary/aromatic N) is 1. The highest BCUT2D eigenvalue weighted by molar-refractivity contribution is 9.10. The predicted molar refractivity (Wildman–Crippen MR) is 74.1 cm³/mol. The van der Waals surface area contributed by atoms with Crippen LogP contribution < -0.4 is 0 Å². The lowest BCUT2D eigenvalue weighted by Gasteiger charge is -2.24. The van der Waals surface area contributed by atoms with Gasteiger partial charge in [0.05, 0.1) is 0 Å². The third-order valence-electron chi connectivity index (χ3n) is 3.68. The lowest BCUT2D eigenvalue weighted by molar-refractivity contribution is 0.271. The van der Waals surface area contributed by atoms with Crippen LogP contribution in [0.2, 0.25) is 0 Å². The first-order chi connectivity index (χ1) is 8.06. The van der Waals surface area contributed by atoms with Crippen molar-refractivity contribution in [2.45, 2.75) is 40.0 Å². The number of rotatable bonds is 4. The average Bonchev–Trinajstić information content (AvgIpc) is 2.70. The van der Waals surface area contributed by atoms with Gasteiger partial charge in [0, 0.05) is 10.9 Å². The van der Waals surface area contributed by atoms with Crippen LogP contribution in [0.4, 0.5) is 0 Å². The lowest BCUT2D eigenvalue weighted by atomic mass is 9.81. The van der Waals surface area contributed by atoms with Crippen molar-refractivity contribution < 1.29 is 4.42 Å². The highest BCUT2D eigenvalue weighted by Crippen LogP contribution is 2.31. The number of hydrogen-bond donors (Lipinski definition) is 0. The van der Waals surface area contributed by atoms with E-state index in [1.807, 2.05) is 18.2 Å². The summed E-state index contributed by atoms with van der Waals surface area (Å²) in [6.45, 7) is 6.74. The maximum absolute atomic E-state index is 5.79. The summed E-state index contributed by atoms with van der Waals surface area (Å²) in [6, 6.07) is 5.94. The highest BCUT2D eigenvalue weighted by Gasteiger charge is 2.23. The van der Waals surface area contributed by atoms with Crippen molar-refractivity contribution in [2.24, 2.45) is 5.41 Å². The Hall–Kier alpha value is -0.830. The summed E-state index contributed by atoms with van der Waals surface area (Å²) in [5.74, 6) is 0.851. The zero-order valence-corrected chi connectivity index (χ0v) is 12.2. The molecule has 0 amide bonds. The van der Waals surface area contributed by atoms with Gasteiger partial charge in [0.15, 0.2) is 11.5 Å². The standard InChI is InChI=1S/C14H18BrNO/c1-4-14(3,5-2)9-13-16-11-8-10(15)6-7-12(11)17-13/h6-8H,4-5,9H2,1-3H3. The molecule has 92 valence electrons. The van der Waals surface area contributed by atoms with Gasteiger partial charge in [-0.05, 0) is 23.6 Å². The van der Waals surface area contributed by atoms with Crippen LogP contribution >= 0.6 is 15.9 Å². The maximum Gasteiger partial charge on any atom is 0.196 e. The SMILES string of the molecule is CCC(C)(CC)Cc1nc2cc(Br)ccc2o1. The Morgan fingerprint density at radius 1 is 1.29 bits per heavy atom. The first-order valence-electron chi connectivity index (χ1n) is 6.11. The van der Waals surface area contributed by atoms with Gasteiger partial charge < -0.3 is 4.42 Å². The van der Waals surface area contributed by atoms with E-state index in [0.29, 0.717) is 0 Å². The Balaban J connectivity index is 2.31. The third kappa shape index (κ3) is 2.71. The molecule has 0 aliphatic heterocycles. The molecule has 0 fully saturated rings. The molecule has 0 N–H and O–H groups in total. The van der Waals surface area contributed by atoms with Gasteiger partial charge in [0.25, 0.3) is 0 Å². The van der Waals surface area contributed by atoms with Gasteiger partial charge in [0.2, 0.25) is 0 Å². The van der Waals surface area contributed by atoms with E-state index in [9.17, 15) is 0 Å². The van der Waals surface area contributed by atoms with Crippen molar-refractivity contribution in [2.75, 3.05) is 0 Å². The van der Waals surface area contributed by atoms with E-state index in [1.165, 1.54) is 0 Å². The molecule has 0 spiro atoms. The summed E-state index contributed by atoms with van der Waals surface area (Å²) in [5.41, 5.74) is 2.10. The van der Waals surface area contributed by atoms with Gasteiger partial charge in [-0.3, -0.25) is 0 Å². The van der Waals surface area contributed by atoms with E-state index in [-0.39, 0.29) is 5.41 Å². The molecule has 2 rings (SSSR count). The van der Waals surface area contributed by atoms with Gasteiger partial charge in [-0.25, -0.2) is 4.98 Å². The summed E-state index contributed by atoms with van der Waals surface area (Å²) in [6.07, 6.45) is 3.20. The van der Waals surface area contributed by atoms with Crippen molar-refractivity contribution >= 4 is 27.0 Å². The van der Waals surface area contributed by atoms with E-state index >= 15 is 0 Å². The minimum absolute atomic E-state index is 0.290. The van der Waals surface area contributed by atoms with Crippen molar-refractivity contribution in [1.82, 2.24) is 4.98 Å². The molecule has 0 aliphatic carbocycles. The van der Waals surface area contributed by atoms with Crippen molar-refractivity contribution in [3.63, 3.8) is 0 Å². The Kier molecular flexibility index (Phi) is 3.57. The molecule has 0 saturated heterocycles. The fourth-order valence-electron chi connectivity index (χ4n) is 1.89. The van der Waals surface area contributed by atoms with E-state index in [0.717, 1.165) is 40.7 Å². The van der Waals surface area contributed by atoms with E-state index in [1.54, 1.807) is 0 Å². The number of hydrogen-bond acceptors (Lipinski definition) is 2. The molecular formula is C14H18BrNO. The second-order valence-electron chi connectivity index (χ2n) is 4.91. The van der Waals surface area contributed by atoms with Gasteiger partial charge in [-0.15, -0.1) is 0 Å². The largest absolute Gasteiger partial charge is 0.441 e. The number of fused-ring (bicyclic) bond motifs is 1. The lowest BCUT2D eigenvalue weighted by Crippen LogP contribution is -2.17. The van der Waals surface area contributed by atoms with Crippen molar-refractivity contribution in [1.29, 1.82) is 0 Å². The summed E-state index contributed by atoms with van der Waals surface area (Å²) in [5, 5.41) is 0. The molecule has 2 nitrogen and oxygen atoms in total. The molecule has 0 saturated carbocycles. The van der Waals surface area contributed by atoms with Gasteiger partial charge in [-0.1, -0.05) is 49.5 Å². The highest BCUT2D eigenvalue weighted by atomic mass is 79.9.